The predicted molar refractivity (Wildman–Crippen MR) is 67.1 cm³/mol. The van der Waals surface area contributed by atoms with E-state index >= 15 is 0 Å². The third-order valence-corrected chi connectivity index (χ3v) is 1.91. The van der Waals surface area contributed by atoms with E-state index in [9.17, 15) is 4.79 Å². The molecule has 0 atom stereocenters. The molecule has 1 aromatic rings. The lowest BCUT2D eigenvalue weighted by Crippen LogP contribution is -2.26. The molecule has 0 saturated carbocycles. The van der Waals surface area contributed by atoms with Crippen LogP contribution in [0.25, 0.3) is 0 Å². The van der Waals surface area contributed by atoms with Crippen molar-refractivity contribution in [2.24, 2.45) is 0 Å². The molecule has 16 heavy (non-hydrogen) atoms. The summed E-state index contributed by atoms with van der Waals surface area (Å²) in [7, 11) is 3.44. The van der Waals surface area contributed by atoms with E-state index in [0.29, 0.717) is 5.56 Å². The molecule has 0 saturated heterocycles. The zero-order valence-electron chi connectivity index (χ0n) is 10.4. The summed E-state index contributed by atoms with van der Waals surface area (Å²) in [5.41, 5.74) is 7.62. The van der Waals surface area contributed by atoms with Crippen LogP contribution in [0.5, 0.6) is 0 Å². The van der Waals surface area contributed by atoms with Gasteiger partial charge in [-0.25, -0.2) is 0 Å². The zero-order valence-corrected chi connectivity index (χ0v) is 10.4. The minimum Gasteiger partial charge on any atom is -0.355 e. The summed E-state index contributed by atoms with van der Waals surface area (Å²) in [5, 5.41) is 2.58. The van der Waals surface area contributed by atoms with Crippen LogP contribution in [0.3, 0.4) is 0 Å². The van der Waals surface area contributed by atoms with Crippen LogP contribution >= 0.6 is 0 Å². The Hall–Kier alpha value is -1.39. The van der Waals surface area contributed by atoms with Gasteiger partial charge >= 0.3 is 0 Å². The SMILES string of the molecule is CC.CNNCc1ccc(C(=O)NC)cc1. The van der Waals surface area contributed by atoms with Crippen molar-refractivity contribution >= 4 is 5.91 Å². The first-order chi connectivity index (χ1) is 7.77. The van der Waals surface area contributed by atoms with Crippen LogP contribution in [0.2, 0.25) is 0 Å². The molecule has 1 rings (SSSR count). The largest absolute Gasteiger partial charge is 0.355 e. The summed E-state index contributed by atoms with van der Waals surface area (Å²) in [5.74, 6) is -0.0573. The Labute approximate surface area is 97.4 Å². The van der Waals surface area contributed by atoms with Gasteiger partial charge in [0.05, 0.1) is 0 Å². The van der Waals surface area contributed by atoms with Crippen molar-refractivity contribution in [3.63, 3.8) is 0 Å². The van der Waals surface area contributed by atoms with E-state index in [2.05, 4.69) is 16.2 Å². The van der Waals surface area contributed by atoms with Crippen molar-refractivity contribution < 1.29 is 4.79 Å². The molecule has 90 valence electrons. The van der Waals surface area contributed by atoms with Crippen molar-refractivity contribution in [3.05, 3.63) is 35.4 Å². The molecule has 0 aromatic heterocycles. The second-order valence-electron chi connectivity index (χ2n) is 2.88. The highest BCUT2D eigenvalue weighted by atomic mass is 16.1. The zero-order chi connectivity index (χ0) is 12.4. The number of carbonyl (C=O) groups is 1. The smallest absolute Gasteiger partial charge is 0.251 e. The normalized spacial score (nSPS) is 9.00. The fourth-order valence-corrected chi connectivity index (χ4v) is 1.11. The maximum Gasteiger partial charge on any atom is 0.251 e. The summed E-state index contributed by atoms with van der Waals surface area (Å²) in [6.45, 7) is 4.74. The van der Waals surface area contributed by atoms with Crippen molar-refractivity contribution in [3.8, 4) is 0 Å². The van der Waals surface area contributed by atoms with Gasteiger partial charge in [-0.05, 0) is 24.7 Å². The van der Waals surface area contributed by atoms with Gasteiger partial charge in [0, 0.05) is 19.2 Å². The van der Waals surface area contributed by atoms with Gasteiger partial charge in [-0.3, -0.25) is 15.6 Å². The van der Waals surface area contributed by atoms with E-state index in [1.165, 1.54) is 0 Å². The predicted octanol–water partition coefficient (Wildman–Crippen LogP) is 1.30. The maximum atomic E-state index is 11.2. The molecule has 1 amide bonds. The van der Waals surface area contributed by atoms with Gasteiger partial charge in [0.25, 0.3) is 5.91 Å². The molecule has 4 nitrogen and oxygen atoms in total. The lowest BCUT2D eigenvalue weighted by Gasteiger charge is -2.04. The van der Waals surface area contributed by atoms with Crippen LogP contribution in [0, 0.1) is 0 Å². The summed E-state index contributed by atoms with van der Waals surface area (Å²) < 4.78 is 0. The molecule has 3 N–H and O–H groups in total. The number of carbonyl (C=O) groups excluding carboxylic acids is 1. The Bertz CT molecular complexity index is 296. The van der Waals surface area contributed by atoms with Gasteiger partial charge in [0.2, 0.25) is 0 Å². The number of hydrazine groups is 1. The van der Waals surface area contributed by atoms with E-state index < -0.39 is 0 Å². The first-order valence-electron chi connectivity index (χ1n) is 5.48. The molecule has 0 aliphatic carbocycles. The Kier molecular flexibility index (Phi) is 8.11. The molecule has 0 aliphatic heterocycles. The summed E-state index contributed by atoms with van der Waals surface area (Å²) >= 11 is 0. The van der Waals surface area contributed by atoms with Crippen LogP contribution in [0.4, 0.5) is 0 Å². The average Bonchev–Trinajstić information content (AvgIpc) is 2.38. The van der Waals surface area contributed by atoms with E-state index in [1.54, 1.807) is 7.05 Å². The molecule has 0 spiro atoms. The Morgan fingerprint density at radius 3 is 2.12 bits per heavy atom. The van der Waals surface area contributed by atoms with Crippen molar-refractivity contribution in [2.45, 2.75) is 20.4 Å². The molecular formula is C12H21N3O. The Morgan fingerprint density at radius 2 is 1.69 bits per heavy atom. The Balaban J connectivity index is 0.00000106. The number of hydrogen-bond acceptors (Lipinski definition) is 3. The van der Waals surface area contributed by atoms with Gasteiger partial charge in [-0.2, -0.15) is 0 Å². The van der Waals surface area contributed by atoms with Crippen LogP contribution in [0.1, 0.15) is 29.8 Å². The number of amides is 1. The molecule has 0 bridgehead atoms. The van der Waals surface area contributed by atoms with Crippen LogP contribution < -0.4 is 16.2 Å². The highest BCUT2D eigenvalue weighted by Gasteiger charge is 2.01. The maximum absolute atomic E-state index is 11.2. The van der Waals surface area contributed by atoms with Gasteiger partial charge in [0.1, 0.15) is 0 Å². The van der Waals surface area contributed by atoms with Crippen LogP contribution in [-0.2, 0) is 6.54 Å². The Morgan fingerprint density at radius 1 is 1.12 bits per heavy atom. The molecule has 0 unspecified atom stereocenters. The summed E-state index contributed by atoms with van der Waals surface area (Å²) in [6.07, 6.45) is 0. The topological polar surface area (TPSA) is 53.2 Å². The van der Waals surface area contributed by atoms with E-state index in [4.69, 9.17) is 0 Å². The fraction of sp³-hybridized carbons (Fsp3) is 0.417. The van der Waals surface area contributed by atoms with Gasteiger partial charge in [0.15, 0.2) is 0 Å². The van der Waals surface area contributed by atoms with Gasteiger partial charge in [-0.15, -0.1) is 0 Å². The summed E-state index contributed by atoms with van der Waals surface area (Å²) in [6, 6.07) is 7.47. The monoisotopic (exact) mass is 223 g/mol. The number of rotatable bonds is 4. The van der Waals surface area contributed by atoms with E-state index in [1.807, 2.05) is 45.2 Å². The third-order valence-electron chi connectivity index (χ3n) is 1.91. The number of hydrogen-bond donors (Lipinski definition) is 3. The minimum atomic E-state index is -0.0573. The molecule has 0 radical (unpaired) electrons. The van der Waals surface area contributed by atoms with Crippen molar-refractivity contribution in [1.29, 1.82) is 0 Å². The number of nitrogens with one attached hydrogen (secondary N) is 3. The summed E-state index contributed by atoms with van der Waals surface area (Å²) in [4.78, 5) is 11.2. The highest BCUT2D eigenvalue weighted by molar-refractivity contribution is 5.93. The third kappa shape index (κ3) is 4.91. The fourth-order valence-electron chi connectivity index (χ4n) is 1.11. The minimum absolute atomic E-state index is 0.0573. The average molecular weight is 223 g/mol. The van der Waals surface area contributed by atoms with Crippen LogP contribution in [0.15, 0.2) is 24.3 Å². The van der Waals surface area contributed by atoms with E-state index in [-0.39, 0.29) is 5.91 Å². The second-order valence-corrected chi connectivity index (χ2v) is 2.88. The first-order valence-corrected chi connectivity index (χ1v) is 5.48. The highest BCUT2D eigenvalue weighted by Crippen LogP contribution is 2.03. The van der Waals surface area contributed by atoms with Crippen molar-refractivity contribution in [2.75, 3.05) is 14.1 Å². The van der Waals surface area contributed by atoms with Gasteiger partial charge in [-0.1, -0.05) is 26.0 Å². The van der Waals surface area contributed by atoms with E-state index in [0.717, 1.165) is 12.1 Å². The molecule has 1 aromatic carbocycles. The molecule has 0 fully saturated rings. The first kappa shape index (κ1) is 14.6. The number of benzene rings is 1. The lowest BCUT2D eigenvalue weighted by molar-refractivity contribution is 0.0963. The molecule has 0 aliphatic rings. The molecular weight excluding hydrogens is 202 g/mol. The quantitative estimate of drug-likeness (QED) is 0.674. The van der Waals surface area contributed by atoms with Crippen molar-refractivity contribution in [1.82, 2.24) is 16.2 Å². The van der Waals surface area contributed by atoms with Crippen LogP contribution in [-0.4, -0.2) is 20.0 Å². The molecule has 0 heterocycles. The lowest BCUT2D eigenvalue weighted by atomic mass is 10.1. The second kappa shape index (κ2) is 8.88. The van der Waals surface area contributed by atoms with Gasteiger partial charge < -0.3 is 5.32 Å². The molecule has 4 heteroatoms. The standard InChI is InChI=1S/C10H15N3O.C2H6/c1-11-10(14)9-5-3-8(4-6-9)7-13-12-2;1-2/h3-6,12-13H,7H2,1-2H3,(H,11,14);1-2H3.